The Bertz CT molecular complexity index is 1300. The van der Waals surface area contributed by atoms with E-state index >= 15 is 0 Å². The van der Waals surface area contributed by atoms with E-state index in [0.717, 1.165) is 42.8 Å². The highest BCUT2D eigenvalue weighted by atomic mass is 16.2. The molecule has 5 rings (SSSR count). The molecule has 2 fully saturated rings. The van der Waals surface area contributed by atoms with Crippen LogP contribution in [0.3, 0.4) is 0 Å². The van der Waals surface area contributed by atoms with Crippen molar-refractivity contribution in [2.45, 2.75) is 56.9 Å². The van der Waals surface area contributed by atoms with Crippen LogP contribution in [-0.2, 0) is 4.79 Å². The number of nitrogens with one attached hydrogen (secondary N) is 3. The lowest BCUT2D eigenvalue weighted by Crippen LogP contribution is -2.64. The molecular weight excluding hydrogens is 570 g/mol. The van der Waals surface area contributed by atoms with E-state index in [0.29, 0.717) is 45.3 Å². The molecule has 246 valence electrons. The van der Waals surface area contributed by atoms with Gasteiger partial charge in [0.25, 0.3) is 0 Å². The molecule has 2 atom stereocenters. The quantitative estimate of drug-likeness (QED) is 0.400. The maximum absolute atomic E-state index is 13.9. The van der Waals surface area contributed by atoms with Gasteiger partial charge in [0.1, 0.15) is 5.66 Å². The van der Waals surface area contributed by atoms with Gasteiger partial charge in [-0.3, -0.25) is 9.69 Å². The predicted octanol–water partition coefficient (Wildman–Crippen LogP) is 2.02. The third kappa shape index (κ3) is 6.68. The Balaban J connectivity index is 1.20. The molecule has 45 heavy (non-hydrogen) atoms. The van der Waals surface area contributed by atoms with Crippen LogP contribution in [0.1, 0.15) is 45.2 Å². The number of carbonyl (C=O) groups is 3. The Kier molecular flexibility index (Phi) is 9.48. The molecule has 4 aliphatic heterocycles. The van der Waals surface area contributed by atoms with E-state index in [1.165, 1.54) is 6.08 Å². The van der Waals surface area contributed by atoms with Crippen molar-refractivity contribution in [3.05, 3.63) is 59.8 Å². The molecule has 0 radical (unpaired) electrons. The summed E-state index contributed by atoms with van der Waals surface area (Å²) in [6.45, 7) is 15.3. The standard InChI is InChI=1S/C33H51N9O3/c1-8-28(43)40-20-18-39(19-21-40)25-14-16-41(17-15-25)31(45)35-33(4)26-22-42(32(2,3)29(26)38(7)36-33)30(44)34-27(23-37(5)6)24-12-10-9-11-13-24/h8-13,25,27,36H,1,14-23H2,2-7H3,(H,34,44)(H,35,45)/t27-,33?/m1/s1. The van der Waals surface area contributed by atoms with Crippen LogP contribution in [0, 0.1) is 0 Å². The fourth-order valence-electron chi connectivity index (χ4n) is 7.50. The Labute approximate surface area is 268 Å². The van der Waals surface area contributed by atoms with Crippen molar-refractivity contribution in [2.75, 3.05) is 73.5 Å². The highest BCUT2D eigenvalue weighted by Crippen LogP contribution is 2.43. The highest BCUT2D eigenvalue weighted by molar-refractivity contribution is 5.87. The van der Waals surface area contributed by atoms with Crippen LogP contribution < -0.4 is 16.1 Å². The number of nitrogens with zero attached hydrogens (tertiary/aromatic N) is 6. The minimum Gasteiger partial charge on any atom is -0.337 e. The van der Waals surface area contributed by atoms with Crippen molar-refractivity contribution in [1.29, 1.82) is 0 Å². The first-order valence-electron chi connectivity index (χ1n) is 16.1. The lowest BCUT2D eigenvalue weighted by Gasteiger charge is -2.43. The molecule has 1 aromatic carbocycles. The van der Waals surface area contributed by atoms with Gasteiger partial charge in [0.15, 0.2) is 0 Å². The van der Waals surface area contributed by atoms with E-state index < -0.39 is 11.2 Å². The number of likely N-dealkylation sites (N-methyl/N-ethyl adjacent to an activating group) is 2. The molecule has 12 heteroatoms. The van der Waals surface area contributed by atoms with Gasteiger partial charge in [-0.15, -0.1) is 0 Å². The molecule has 0 spiro atoms. The van der Waals surface area contributed by atoms with E-state index in [4.69, 9.17) is 0 Å². The van der Waals surface area contributed by atoms with Gasteiger partial charge in [-0.1, -0.05) is 36.9 Å². The smallest absolute Gasteiger partial charge is 0.319 e. The second kappa shape index (κ2) is 13.0. The van der Waals surface area contributed by atoms with Crippen LogP contribution in [-0.4, -0.2) is 138 Å². The average molecular weight is 622 g/mol. The second-order valence-electron chi connectivity index (χ2n) is 13.7. The number of hydrazine groups is 1. The first-order chi connectivity index (χ1) is 21.3. The predicted molar refractivity (Wildman–Crippen MR) is 175 cm³/mol. The monoisotopic (exact) mass is 621 g/mol. The van der Waals surface area contributed by atoms with Crippen LogP contribution >= 0.6 is 0 Å². The minimum atomic E-state index is -0.833. The molecule has 1 aromatic rings. The molecule has 5 amide bonds. The molecule has 12 nitrogen and oxygen atoms in total. The van der Waals surface area contributed by atoms with Gasteiger partial charge in [0.05, 0.1) is 23.8 Å². The van der Waals surface area contributed by atoms with Gasteiger partial charge in [-0.05, 0) is 59.3 Å². The van der Waals surface area contributed by atoms with Crippen molar-refractivity contribution < 1.29 is 14.4 Å². The fraction of sp³-hybridized carbons (Fsp3) is 0.606. The summed E-state index contributed by atoms with van der Waals surface area (Å²) in [4.78, 5) is 49.6. The van der Waals surface area contributed by atoms with E-state index in [1.54, 1.807) is 0 Å². The Hall–Kier alpha value is -3.61. The second-order valence-corrected chi connectivity index (χ2v) is 13.7. The number of benzene rings is 1. The third-order valence-electron chi connectivity index (χ3n) is 9.90. The van der Waals surface area contributed by atoms with Crippen molar-refractivity contribution in [1.82, 2.24) is 45.6 Å². The molecule has 0 bridgehead atoms. The largest absolute Gasteiger partial charge is 0.337 e. The molecule has 2 saturated heterocycles. The van der Waals surface area contributed by atoms with Crippen molar-refractivity contribution in [2.24, 2.45) is 0 Å². The summed E-state index contributed by atoms with van der Waals surface area (Å²) in [7, 11) is 5.96. The number of piperazine rings is 1. The summed E-state index contributed by atoms with van der Waals surface area (Å²) in [6.07, 6.45) is 3.18. The van der Waals surface area contributed by atoms with Gasteiger partial charge in [-0.2, -0.15) is 0 Å². The molecular formula is C33H51N9O3. The SMILES string of the molecule is C=CC(=O)N1CCN(C2CCN(C(=O)NC3(C)NN(C)C4=C3CN(C(=O)N[C@H](CN(C)C)c3ccccc3)C4(C)C)CC2)CC1. The van der Waals surface area contributed by atoms with E-state index in [9.17, 15) is 14.4 Å². The molecule has 1 unspecified atom stereocenters. The lowest BCUT2D eigenvalue weighted by molar-refractivity contribution is -0.128. The zero-order valence-corrected chi connectivity index (χ0v) is 27.8. The van der Waals surface area contributed by atoms with Gasteiger partial charge in [0.2, 0.25) is 5.91 Å². The summed E-state index contributed by atoms with van der Waals surface area (Å²) in [5.74, 6) is -0.00539. The first-order valence-corrected chi connectivity index (χ1v) is 16.1. The maximum atomic E-state index is 13.9. The normalized spacial score (nSPS) is 24.6. The van der Waals surface area contributed by atoms with Crippen LogP contribution in [0.2, 0.25) is 0 Å². The lowest BCUT2D eigenvalue weighted by atomic mass is 9.96. The zero-order valence-electron chi connectivity index (χ0n) is 27.8. The summed E-state index contributed by atoms with van der Waals surface area (Å²) in [6, 6.07) is 10.1. The topological polar surface area (TPSA) is 107 Å². The Morgan fingerprint density at radius 2 is 1.64 bits per heavy atom. The molecule has 0 aromatic heterocycles. The van der Waals surface area contributed by atoms with Crippen LogP contribution in [0.25, 0.3) is 0 Å². The third-order valence-corrected chi connectivity index (χ3v) is 9.90. The average Bonchev–Trinajstić information content (AvgIpc) is 3.46. The number of carbonyl (C=O) groups excluding carboxylic acids is 3. The number of likely N-dealkylation sites (tertiary alicyclic amines) is 1. The number of rotatable bonds is 7. The fourth-order valence-corrected chi connectivity index (χ4v) is 7.50. The summed E-state index contributed by atoms with van der Waals surface area (Å²) in [5.41, 5.74) is 5.09. The Morgan fingerprint density at radius 1 is 1.00 bits per heavy atom. The summed E-state index contributed by atoms with van der Waals surface area (Å²) < 4.78 is 0. The van der Waals surface area contributed by atoms with Crippen molar-refractivity contribution in [3.63, 3.8) is 0 Å². The molecule has 4 heterocycles. The molecule has 3 N–H and O–H groups in total. The number of amides is 5. The van der Waals surface area contributed by atoms with Crippen molar-refractivity contribution in [3.8, 4) is 0 Å². The van der Waals surface area contributed by atoms with Crippen molar-refractivity contribution >= 4 is 18.0 Å². The highest BCUT2D eigenvalue weighted by Gasteiger charge is 2.54. The minimum absolute atomic E-state index is 0.00539. The number of urea groups is 2. The zero-order chi connectivity index (χ0) is 32.5. The molecule has 4 aliphatic rings. The van der Waals surface area contributed by atoms with Crippen LogP contribution in [0.5, 0.6) is 0 Å². The van der Waals surface area contributed by atoms with E-state index in [1.807, 2.05) is 78.1 Å². The van der Waals surface area contributed by atoms with Crippen LogP contribution in [0.15, 0.2) is 54.3 Å². The van der Waals surface area contributed by atoms with E-state index in [-0.39, 0.29) is 24.0 Å². The van der Waals surface area contributed by atoms with E-state index in [2.05, 4.69) is 46.3 Å². The number of hydrogen-bond donors (Lipinski definition) is 3. The number of piperidine rings is 1. The van der Waals surface area contributed by atoms with Gasteiger partial charge >= 0.3 is 12.1 Å². The van der Waals surface area contributed by atoms with Gasteiger partial charge in [-0.25, -0.2) is 15.0 Å². The van der Waals surface area contributed by atoms with Crippen LogP contribution in [0.4, 0.5) is 9.59 Å². The van der Waals surface area contributed by atoms with Gasteiger partial charge in [0, 0.05) is 64.5 Å². The Morgan fingerprint density at radius 3 is 2.24 bits per heavy atom. The number of hydrogen-bond acceptors (Lipinski definition) is 7. The van der Waals surface area contributed by atoms with Gasteiger partial charge < -0.3 is 35.2 Å². The molecule has 0 saturated carbocycles. The first kappa shape index (κ1) is 32.8. The summed E-state index contributed by atoms with van der Waals surface area (Å²) >= 11 is 0. The molecule has 0 aliphatic carbocycles. The summed E-state index contributed by atoms with van der Waals surface area (Å²) in [5, 5.41) is 8.52. The maximum Gasteiger partial charge on any atom is 0.319 e.